The Kier molecular flexibility index (Phi) is 4.01. The molecule has 0 spiro atoms. The summed E-state index contributed by atoms with van der Waals surface area (Å²) in [5, 5.41) is 0. The second kappa shape index (κ2) is 5.05. The summed E-state index contributed by atoms with van der Waals surface area (Å²) in [6.07, 6.45) is 1.46. The summed E-state index contributed by atoms with van der Waals surface area (Å²) in [5.41, 5.74) is 0.573. The largest absolute Gasteiger partial charge is 0.467 e. The van der Waals surface area contributed by atoms with Crippen molar-refractivity contribution >= 4 is 17.5 Å². The van der Waals surface area contributed by atoms with Crippen LogP contribution in [0.25, 0.3) is 0 Å². The molecule has 0 bridgehead atoms. The molecule has 3 nitrogen and oxygen atoms in total. The first-order chi connectivity index (χ1) is 6.72. The van der Waals surface area contributed by atoms with Gasteiger partial charge in [0.15, 0.2) is 0 Å². The zero-order valence-electron chi connectivity index (χ0n) is 8.42. The lowest BCUT2D eigenvalue weighted by Crippen LogP contribution is -2.30. The van der Waals surface area contributed by atoms with Crippen LogP contribution < -0.4 is 0 Å². The van der Waals surface area contributed by atoms with Gasteiger partial charge >= 0.3 is 0 Å². The molecule has 0 fully saturated rings. The van der Waals surface area contributed by atoms with Gasteiger partial charge in [0.2, 0.25) is 0 Å². The number of halogens is 1. The van der Waals surface area contributed by atoms with Crippen LogP contribution in [-0.4, -0.2) is 23.9 Å². The van der Waals surface area contributed by atoms with Crippen molar-refractivity contribution in [3.8, 4) is 0 Å². The number of hydrogen-bond acceptors (Lipinski definition) is 2. The Hall–Kier alpha value is -0.960. The van der Waals surface area contributed by atoms with E-state index in [9.17, 15) is 4.79 Å². The van der Waals surface area contributed by atoms with E-state index in [1.165, 1.54) is 6.26 Å². The number of furan rings is 1. The molecule has 1 aromatic heterocycles. The van der Waals surface area contributed by atoms with Gasteiger partial charge in [0.05, 0.1) is 11.4 Å². The Bertz CT molecular complexity index is 305. The summed E-state index contributed by atoms with van der Waals surface area (Å²) in [6.45, 7) is 5.31. The van der Waals surface area contributed by atoms with E-state index in [1.54, 1.807) is 11.0 Å². The van der Waals surface area contributed by atoms with Gasteiger partial charge in [0.1, 0.15) is 12.0 Å². The maximum atomic E-state index is 11.8. The van der Waals surface area contributed by atoms with Crippen LogP contribution in [0.3, 0.4) is 0 Å². The van der Waals surface area contributed by atoms with Crippen LogP contribution >= 0.6 is 11.6 Å². The van der Waals surface area contributed by atoms with Crippen LogP contribution in [0.15, 0.2) is 16.7 Å². The average molecular weight is 216 g/mol. The van der Waals surface area contributed by atoms with Crippen molar-refractivity contribution in [2.45, 2.75) is 19.7 Å². The molecule has 1 rings (SSSR count). The molecule has 0 aromatic carbocycles. The van der Waals surface area contributed by atoms with Gasteiger partial charge in [-0.2, -0.15) is 0 Å². The third-order valence-electron chi connectivity index (χ3n) is 2.08. The van der Waals surface area contributed by atoms with Crippen molar-refractivity contribution in [2.75, 3.05) is 13.1 Å². The standard InChI is InChI=1S/C10H14ClNO2/c1-3-12(4-2)10(13)8-5-9(6-11)14-7-8/h5,7H,3-4,6H2,1-2H3. The molecule has 4 heteroatoms. The molecule has 1 heterocycles. The van der Waals surface area contributed by atoms with Gasteiger partial charge in [-0.15, -0.1) is 11.6 Å². The summed E-state index contributed by atoms with van der Waals surface area (Å²) in [5.74, 6) is 0.920. The summed E-state index contributed by atoms with van der Waals surface area (Å²) in [7, 11) is 0. The summed E-state index contributed by atoms with van der Waals surface area (Å²) < 4.78 is 5.09. The molecular formula is C10H14ClNO2. The van der Waals surface area contributed by atoms with E-state index in [0.29, 0.717) is 30.3 Å². The number of nitrogens with zero attached hydrogens (tertiary/aromatic N) is 1. The zero-order valence-corrected chi connectivity index (χ0v) is 9.17. The molecule has 0 saturated carbocycles. The quantitative estimate of drug-likeness (QED) is 0.724. The fourth-order valence-electron chi connectivity index (χ4n) is 1.26. The van der Waals surface area contributed by atoms with E-state index in [1.807, 2.05) is 13.8 Å². The van der Waals surface area contributed by atoms with Gasteiger partial charge in [0.25, 0.3) is 5.91 Å². The highest BCUT2D eigenvalue weighted by Gasteiger charge is 2.14. The maximum absolute atomic E-state index is 11.8. The predicted octanol–water partition coefficient (Wildman–Crippen LogP) is 2.50. The second-order valence-electron chi connectivity index (χ2n) is 2.91. The smallest absolute Gasteiger partial charge is 0.257 e. The fraction of sp³-hybridized carbons (Fsp3) is 0.500. The normalized spacial score (nSPS) is 10.2. The van der Waals surface area contributed by atoms with E-state index < -0.39 is 0 Å². The fourth-order valence-corrected chi connectivity index (χ4v) is 1.40. The lowest BCUT2D eigenvalue weighted by molar-refractivity contribution is 0.0772. The SMILES string of the molecule is CCN(CC)C(=O)c1coc(CCl)c1. The molecule has 0 aliphatic carbocycles. The summed E-state index contributed by atoms with van der Waals surface area (Å²) >= 11 is 5.57. The van der Waals surface area contributed by atoms with Crippen molar-refractivity contribution in [2.24, 2.45) is 0 Å². The molecule has 0 unspecified atom stereocenters. The average Bonchev–Trinajstić information content (AvgIpc) is 2.67. The predicted molar refractivity (Wildman–Crippen MR) is 55.5 cm³/mol. The molecule has 0 radical (unpaired) electrons. The Balaban J connectivity index is 2.77. The zero-order chi connectivity index (χ0) is 10.6. The van der Waals surface area contributed by atoms with Gasteiger partial charge in [-0.05, 0) is 19.9 Å². The molecule has 1 amide bonds. The minimum atomic E-state index is -0.00452. The molecule has 0 aliphatic rings. The summed E-state index contributed by atoms with van der Waals surface area (Å²) in [6, 6.07) is 1.69. The van der Waals surface area contributed by atoms with Crippen molar-refractivity contribution < 1.29 is 9.21 Å². The van der Waals surface area contributed by atoms with Crippen molar-refractivity contribution in [3.05, 3.63) is 23.7 Å². The first kappa shape index (κ1) is 11.1. The van der Waals surface area contributed by atoms with Gasteiger partial charge in [-0.3, -0.25) is 4.79 Å². The molecule has 1 aromatic rings. The topological polar surface area (TPSA) is 33.5 Å². The molecule has 0 aliphatic heterocycles. The van der Waals surface area contributed by atoms with Crippen LogP contribution in [0, 0.1) is 0 Å². The van der Waals surface area contributed by atoms with Gasteiger partial charge in [0, 0.05) is 13.1 Å². The molecule has 0 saturated heterocycles. The van der Waals surface area contributed by atoms with Crippen LogP contribution in [0.1, 0.15) is 30.0 Å². The third-order valence-corrected chi connectivity index (χ3v) is 2.35. The monoisotopic (exact) mass is 215 g/mol. The van der Waals surface area contributed by atoms with Crippen molar-refractivity contribution in [1.29, 1.82) is 0 Å². The van der Waals surface area contributed by atoms with E-state index in [4.69, 9.17) is 16.0 Å². The van der Waals surface area contributed by atoms with Gasteiger partial charge < -0.3 is 9.32 Å². The maximum Gasteiger partial charge on any atom is 0.257 e. The Morgan fingerprint density at radius 2 is 2.14 bits per heavy atom. The van der Waals surface area contributed by atoms with Crippen LogP contribution in [0.4, 0.5) is 0 Å². The molecule has 0 N–H and O–H groups in total. The first-order valence-electron chi connectivity index (χ1n) is 4.65. The Labute approximate surface area is 88.6 Å². The van der Waals surface area contributed by atoms with Crippen LogP contribution in [0.5, 0.6) is 0 Å². The number of alkyl halides is 1. The Morgan fingerprint density at radius 1 is 1.50 bits per heavy atom. The van der Waals surface area contributed by atoms with Crippen molar-refractivity contribution in [1.82, 2.24) is 4.90 Å². The van der Waals surface area contributed by atoms with E-state index in [2.05, 4.69) is 0 Å². The minimum Gasteiger partial charge on any atom is -0.467 e. The van der Waals surface area contributed by atoms with E-state index in [0.717, 1.165) is 0 Å². The molecular weight excluding hydrogens is 202 g/mol. The molecule has 0 atom stereocenters. The van der Waals surface area contributed by atoms with E-state index in [-0.39, 0.29) is 5.91 Å². The number of hydrogen-bond donors (Lipinski definition) is 0. The molecule has 78 valence electrons. The minimum absolute atomic E-state index is 0.00452. The van der Waals surface area contributed by atoms with Gasteiger partial charge in [-0.25, -0.2) is 0 Å². The second-order valence-corrected chi connectivity index (χ2v) is 3.18. The van der Waals surface area contributed by atoms with Crippen LogP contribution in [0.2, 0.25) is 0 Å². The van der Waals surface area contributed by atoms with E-state index >= 15 is 0 Å². The van der Waals surface area contributed by atoms with Crippen LogP contribution in [-0.2, 0) is 5.88 Å². The Morgan fingerprint density at radius 3 is 2.57 bits per heavy atom. The number of amides is 1. The highest BCUT2D eigenvalue weighted by atomic mass is 35.5. The number of carbonyl (C=O) groups excluding carboxylic acids is 1. The third kappa shape index (κ3) is 2.29. The summed E-state index contributed by atoms with van der Waals surface area (Å²) in [4.78, 5) is 13.5. The highest BCUT2D eigenvalue weighted by Crippen LogP contribution is 2.12. The lowest BCUT2D eigenvalue weighted by atomic mass is 10.2. The first-order valence-corrected chi connectivity index (χ1v) is 5.19. The van der Waals surface area contributed by atoms with Crippen molar-refractivity contribution in [3.63, 3.8) is 0 Å². The number of carbonyl (C=O) groups is 1. The molecule has 14 heavy (non-hydrogen) atoms. The number of rotatable bonds is 4. The van der Waals surface area contributed by atoms with Gasteiger partial charge in [-0.1, -0.05) is 0 Å². The highest BCUT2D eigenvalue weighted by molar-refractivity contribution is 6.16. The lowest BCUT2D eigenvalue weighted by Gasteiger charge is -2.16.